The first-order valence-corrected chi connectivity index (χ1v) is 7.36. The summed E-state index contributed by atoms with van der Waals surface area (Å²) in [4.78, 5) is 6.58. The molecule has 17 heavy (non-hydrogen) atoms. The Morgan fingerprint density at radius 3 is 2.65 bits per heavy atom. The van der Waals surface area contributed by atoms with Crippen molar-refractivity contribution in [3.63, 3.8) is 0 Å². The van der Waals surface area contributed by atoms with Crippen LogP contribution in [0.4, 0.5) is 0 Å². The summed E-state index contributed by atoms with van der Waals surface area (Å²) < 4.78 is 0. The molecule has 3 heterocycles. The lowest BCUT2D eigenvalue weighted by Gasteiger charge is -2.40. The molecule has 2 aliphatic rings. The number of likely N-dealkylation sites (tertiary alicyclic amines) is 1. The van der Waals surface area contributed by atoms with Crippen molar-refractivity contribution in [2.45, 2.75) is 31.5 Å². The number of piperazine rings is 1. The highest BCUT2D eigenvalue weighted by Gasteiger charge is 2.39. The van der Waals surface area contributed by atoms with Gasteiger partial charge in [0.1, 0.15) is 0 Å². The average Bonchev–Trinajstić information content (AvgIpc) is 2.88. The number of nitrogens with zero attached hydrogens (tertiary/aromatic N) is 2. The maximum Gasteiger partial charge on any atom is 0.0558 e. The molecule has 1 aromatic rings. The summed E-state index contributed by atoms with van der Waals surface area (Å²) in [6.07, 6.45) is 2.62. The van der Waals surface area contributed by atoms with Gasteiger partial charge in [-0.15, -0.1) is 11.3 Å². The van der Waals surface area contributed by atoms with Gasteiger partial charge in [-0.1, -0.05) is 6.07 Å². The van der Waals surface area contributed by atoms with Crippen molar-refractivity contribution in [2.24, 2.45) is 0 Å². The van der Waals surface area contributed by atoms with E-state index in [9.17, 15) is 0 Å². The minimum absolute atomic E-state index is 0.303. The van der Waals surface area contributed by atoms with E-state index in [1.54, 1.807) is 0 Å². The maximum absolute atomic E-state index is 9.10. The first-order chi connectivity index (χ1) is 8.36. The molecule has 2 saturated heterocycles. The number of hydrogen-bond acceptors (Lipinski definition) is 4. The molecule has 1 aromatic heterocycles. The normalized spacial score (nSPS) is 29.9. The Bertz CT molecular complexity index is 340. The van der Waals surface area contributed by atoms with E-state index < -0.39 is 0 Å². The Balaban J connectivity index is 1.61. The van der Waals surface area contributed by atoms with Gasteiger partial charge in [-0.05, 0) is 24.3 Å². The van der Waals surface area contributed by atoms with Crippen LogP contribution in [0.2, 0.25) is 0 Å². The number of thiophene rings is 1. The molecule has 2 atom stereocenters. The van der Waals surface area contributed by atoms with E-state index in [2.05, 4.69) is 27.3 Å². The van der Waals surface area contributed by atoms with E-state index >= 15 is 0 Å². The molecule has 0 unspecified atom stereocenters. The molecule has 0 aliphatic carbocycles. The van der Waals surface area contributed by atoms with E-state index in [1.165, 1.54) is 30.8 Å². The Hall–Kier alpha value is -0.420. The minimum Gasteiger partial charge on any atom is -0.395 e. The van der Waals surface area contributed by atoms with Crippen molar-refractivity contribution in [1.82, 2.24) is 9.80 Å². The fraction of sp³-hybridized carbons (Fsp3) is 0.692. The molecule has 0 aromatic carbocycles. The van der Waals surface area contributed by atoms with Crippen LogP contribution in [-0.2, 0) is 6.54 Å². The summed E-state index contributed by atoms with van der Waals surface area (Å²) >= 11 is 1.86. The first-order valence-electron chi connectivity index (χ1n) is 6.48. The third-order valence-corrected chi connectivity index (χ3v) is 4.89. The number of aliphatic hydroxyl groups excluding tert-OH is 1. The molecule has 2 aliphatic heterocycles. The van der Waals surface area contributed by atoms with Gasteiger partial charge in [0, 0.05) is 43.1 Å². The topological polar surface area (TPSA) is 26.7 Å². The van der Waals surface area contributed by atoms with Gasteiger partial charge < -0.3 is 5.11 Å². The predicted octanol–water partition coefficient (Wildman–Crippen LogP) is 1.39. The van der Waals surface area contributed by atoms with Crippen molar-refractivity contribution >= 4 is 11.3 Å². The van der Waals surface area contributed by atoms with Gasteiger partial charge in [0.05, 0.1) is 6.61 Å². The average molecular weight is 252 g/mol. The summed E-state index contributed by atoms with van der Waals surface area (Å²) in [5.41, 5.74) is 0. The number of rotatable bonds is 4. The first kappa shape index (κ1) is 11.7. The van der Waals surface area contributed by atoms with E-state index in [4.69, 9.17) is 5.11 Å². The quantitative estimate of drug-likeness (QED) is 0.877. The molecule has 0 amide bonds. The highest BCUT2D eigenvalue weighted by atomic mass is 32.1. The van der Waals surface area contributed by atoms with Gasteiger partial charge in [0.25, 0.3) is 0 Å². The predicted molar refractivity (Wildman–Crippen MR) is 70.2 cm³/mol. The summed E-state index contributed by atoms with van der Waals surface area (Å²) in [5, 5.41) is 11.3. The van der Waals surface area contributed by atoms with Crippen molar-refractivity contribution in [2.75, 3.05) is 26.2 Å². The summed E-state index contributed by atoms with van der Waals surface area (Å²) in [7, 11) is 0. The van der Waals surface area contributed by atoms with Crippen molar-refractivity contribution in [3.8, 4) is 0 Å². The van der Waals surface area contributed by atoms with Crippen molar-refractivity contribution in [3.05, 3.63) is 22.4 Å². The van der Waals surface area contributed by atoms with E-state index in [1.807, 2.05) is 11.3 Å². The van der Waals surface area contributed by atoms with Gasteiger partial charge in [0.15, 0.2) is 0 Å². The zero-order valence-corrected chi connectivity index (χ0v) is 10.9. The van der Waals surface area contributed by atoms with Crippen LogP contribution in [-0.4, -0.2) is 53.2 Å². The van der Waals surface area contributed by atoms with Gasteiger partial charge in [-0.25, -0.2) is 0 Å². The maximum atomic E-state index is 9.10. The second-order valence-electron chi connectivity index (χ2n) is 5.12. The lowest BCUT2D eigenvalue weighted by Crippen LogP contribution is -2.53. The zero-order valence-electron chi connectivity index (χ0n) is 10.1. The smallest absolute Gasteiger partial charge is 0.0558 e. The SMILES string of the molecule is OCCN1[C@H]2CC[C@H]1CN(Cc1cccs1)C2. The number of hydrogen-bond donors (Lipinski definition) is 1. The molecule has 3 nitrogen and oxygen atoms in total. The van der Waals surface area contributed by atoms with E-state index in [-0.39, 0.29) is 0 Å². The Labute approximate surface area is 107 Å². The van der Waals surface area contributed by atoms with Gasteiger partial charge in [-0.2, -0.15) is 0 Å². The molecule has 3 rings (SSSR count). The second kappa shape index (κ2) is 5.06. The highest BCUT2D eigenvalue weighted by molar-refractivity contribution is 7.09. The highest BCUT2D eigenvalue weighted by Crippen LogP contribution is 2.30. The number of fused-ring (bicyclic) bond motifs is 2. The van der Waals surface area contributed by atoms with Crippen LogP contribution in [0.25, 0.3) is 0 Å². The van der Waals surface area contributed by atoms with Crippen molar-refractivity contribution in [1.29, 1.82) is 0 Å². The standard InChI is InChI=1S/C13H20N2OS/c16-6-5-15-11-3-4-12(15)9-14(8-11)10-13-2-1-7-17-13/h1-2,7,11-12,16H,3-6,8-10H2/t11-,12-/m0/s1. The molecular formula is C13H20N2OS. The Morgan fingerprint density at radius 1 is 1.29 bits per heavy atom. The molecule has 4 heteroatoms. The van der Waals surface area contributed by atoms with Gasteiger partial charge in [0.2, 0.25) is 0 Å². The van der Waals surface area contributed by atoms with Gasteiger partial charge in [-0.3, -0.25) is 9.80 Å². The minimum atomic E-state index is 0.303. The third kappa shape index (κ3) is 2.40. The molecule has 94 valence electrons. The van der Waals surface area contributed by atoms with Crippen LogP contribution in [0.15, 0.2) is 17.5 Å². The summed E-state index contributed by atoms with van der Waals surface area (Å²) in [6, 6.07) is 5.73. The molecule has 2 bridgehead atoms. The largest absolute Gasteiger partial charge is 0.395 e. The monoisotopic (exact) mass is 252 g/mol. The Morgan fingerprint density at radius 2 is 2.06 bits per heavy atom. The van der Waals surface area contributed by atoms with E-state index in [0.717, 1.165) is 13.1 Å². The lowest BCUT2D eigenvalue weighted by molar-refractivity contribution is 0.0499. The van der Waals surface area contributed by atoms with Crippen LogP contribution < -0.4 is 0 Å². The Kier molecular flexibility index (Phi) is 3.47. The van der Waals surface area contributed by atoms with E-state index in [0.29, 0.717) is 18.7 Å². The number of aliphatic hydroxyl groups is 1. The molecule has 0 spiro atoms. The van der Waals surface area contributed by atoms with Crippen LogP contribution >= 0.6 is 11.3 Å². The summed E-state index contributed by atoms with van der Waals surface area (Å²) in [5.74, 6) is 0. The molecule has 1 N–H and O–H groups in total. The van der Waals surface area contributed by atoms with Crippen molar-refractivity contribution < 1.29 is 5.11 Å². The molecule has 0 saturated carbocycles. The fourth-order valence-electron chi connectivity index (χ4n) is 3.31. The second-order valence-corrected chi connectivity index (χ2v) is 6.15. The van der Waals surface area contributed by atoms with Crippen LogP contribution in [0, 0.1) is 0 Å². The lowest BCUT2D eigenvalue weighted by atomic mass is 10.2. The fourth-order valence-corrected chi connectivity index (χ4v) is 4.06. The zero-order chi connectivity index (χ0) is 11.7. The van der Waals surface area contributed by atoms with Crippen LogP contribution in [0.5, 0.6) is 0 Å². The third-order valence-electron chi connectivity index (χ3n) is 4.03. The van der Waals surface area contributed by atoms with Crippen LogP contribution in [0.3, 0.4) is 0 Å². The van der Waals surface area contributed by atoms with Gasteiger partial charge >= 0.3 is 0 Å². The summed E-state index contributed by atoms with van der Waals surface area (Å²) in [6.45, 7) is 4.63. The molecule has 0 radical (unpaired) electrons. The van der Waals surface area contributed by atoms with Crippen LogP contribution in [0.1, 0.15) is 17.7 Å². The molecular weight excluding hydrogens is 232 g/mol. The molecule has 2 fully saturated rings.